The van der Waals surface area contributed by atoms with Gasteiger partial charge in [0.05, 0.1) is 19.8 Å². The molecule has 6 rings (SSSR count). The Balaban J connectivity index is 1.21. The van der Waals surface area contributed by atoms with Crippen molar-refractivity contribution in [1.29, 1.82) is 0 Å². The van der Waals surface area contributed by atoms with Crippen molar-refractivity contribution in [2.45, 2.75) is 26.4 Å². The van der Waals surface area contributed by atoms with Gasteiger partial charge in [-0.25, -0.2) is 0 Å². The van der Waals surface area contributed by atoms with Crippen molar-refractivity contribution in [1.82, 2.24) is 0 Å². The first-order chi connectivity index (χ1) is 25.6. The molecule has 0 bridgehead atoms. The van der Waals surface area contributed by atoms with Crippen molar-refractivity contribution in [2.24, 2.45) is 0 Å². The first-order valence-corrected chi connectivity index (χ1v) is 16.9. The minimum absolute atomic E-state index is 0.224. The van der Waals surface area contributed by atoms with E-state index >= 15 is 0 Å². The van der Waals surface area contributed by atoms with Gasteiger partial charge in [0.25, 0.3) is 0 Å². The predicted molar refractivity (Wildman–Crippen MR) is 202 cm³/mol. The second-order valence-corrected chi connectivity index (χ2v) is 11.9. The lowest BCUT2D eigenvalue weighted by atomic mass is 10.1. The number of ketones is 1. The molecule has 0 atom stereocenters. The van der Waals surface area contributed by atoms with E-state index in [9.17, 15) is 4.79 Å². The predicted octanol–water partition coefficient (Wildman–Crippen LogP) is 9.92. The van der Waals surface area contributed by atoms with Crippen molar-refractivity contribution in [3.8, 4) is 34.5 Å². The fourth-order valence-electron chi connectivity index (χ4n) is 5.29. The maximum atomic E-state index is 13.8. The molecule has 0 spiro atoms. The van der Waals surface area contributed by atoms with Crippen LogP contribution in [-0.4, -0.2) is 20.0 Å². The maximum Gasteiger partial charge on any atom is 0.189 e. The quantitative estimate of drug-likeness (QED) is 0.0696. The van der Waals surface area contributed by atoms with E-state index < -0.39 is 0 Å². The molecule has 0 fully saturated rings. The second kappa shape index (κ2) is 18.0. The molecule has 7 nitrogen and oxygen atoms in total. The molecule has 0 heterocycles. The minimum atomic E-state index is -0.224. The first-order valence-electron chi connectivity index (χ1n) is 16.9. The fourth-order valence-corrected chi connectivity index (χ4v) is 5.29. The molecule has 0 saturated carbocycles. The van der Waals surface area contributed by atoms with Gasteiger partial charge < -0.3 is 28.4 Å². The highest BCUT2D eigenvalue weighted by molar-refractivity contribution is 6.08. The summed E-state index contributed by atoms with van der Waals surface area (Å²) in [5, 5.41) is 0. The van der Waals surface area contributed by atoms with E-state index in [1.807, 2.05) is 127 Å². The Labute approximate surface area is 304 Å². The summed E-state index contributed by atoms with van der Waals surface area (Å²) in [6, 6.07) is 46.0. The van der Waals surface area contributed by atoms with Crippen molar-refractivity contribution >= 4 is 11.9 Å². The molecule has 6 aromatic rings. The van der Waals surface area contributed by atoms with Gasteiger partial charge in [0.1, 0.15) is 60.9 Å². The summed E-state index contributed by atoms with van der Waals surface area (Å²) in [4.78, 5) is 13.8. The average Bonchev–Trinajstić information content (AvgIpc) is 3.21. The van der Waals surface area contributed by atoms with Gasteiger partial charge in [0.2, 0.25) is 0 Å². The van der Waals surface area contributed by atoms with Crippen LogP contribution in [0.25, 0.3) is 6.08 Å². The highest BCUT2D eigenvalue weighted by Crippen LogP contribution is 2.30. The number of methoxy groups -OCH3 is 2. The van der Waals surface area contributed by atoms with E-state index in [2.05, 4.69) is 0 Å². The van der Waals surface area contributed by atoms with Crippen molar-refractivity contribution < 1.29 is 33.2 Å². The molecule has 0 radical (unpaired) electrons. The van der Waals surface area contributed by atoms with Crippen LogP contribution in [-0.2, 0) is 26.4 Å². The molecule has 52 heavy (non-hydrogen) atoms. The van der Waals surface area contributed by atoms with Crippen LogP contribution >= 0.6 is 0 Å². The van der Waals surface area contributed by atoms with Gasteiger partial charge >= 0.3 is 0 Å². The molecular weight excluding hydrogens is 652 g/mol. The molecule has 0 unspecified atom stereocenters. The largest absolute Gasteiger partial charge is 0.497 e. The lowest BCUT2D eigenvalue weighted by molar-refractivity contribution is 0.104. The summed E-state index contributed by atoms with van der Waals surface area (Å²) in [5.41, 5.74) is 5.13. The second-order valence-electron chi connectivity index (χ2n) is 11.9. The number of carbonyl (C=O) groups excluding carboxylic acids is 1. The summed E-state index contributed by atoms with van der Waals surface area (Å²) >= 11 is 0. The lowest BCUT2D eigenvalue weighted by Gasteiger charge is -2.14. The van der Waals surface area contributed by atoms with Crippen LogP contribution in [0.1, 0.15) is 38.2 Å². The van der Waals surface area contributed by atoms with Crippen molar-refractivity contribution in [3.05, 3.63) is 185 Å². The van der Waals surface area contributed by atoms with Gasteiger partial charge in [-0.1, -0.05) is 84.9 Å². The van der Waals surface area contributed by atoms with Crippen LogP contribution in [0, 0.1) is 0 Å². The molecule has 0 aliphatic carbocycles. The molecule has 0 aliphatic heterocycles. The fraction of sp³-hybridized carbons (Fsp3) is 0.133. The summed E-state index contributed by atoms with van der Waals surface area (Å²) < 4.78 is 35.2. The van der Waals surface area contributed by atoms with E-state index in [1.54, 1.807) is 38.5 Å². The van der Waals surface area contributed by atoms with Crippen LogP contribution < -0.4 is 28.4 Å². The number of rotatable bonds is 17. The Morgan fingerprint density at radius 2 is 0.885 bits per heavy atom. The molecule has 0 aliphatic rings. The van der Waals surface area contributed by atoms with Gasteiger partial charge in [0.15, 0.2) is 5.78 Å². The number of ether oxygens (including phenoxy) is 6. The molecule has 0 aromatic heterocycles. The first kappa shape index (κ1) is 35.4. The Bertz CT molecular complexity index is 2060. The lowest BCUT2D eigenvalue weighted by Crippen LogP contribution is -2.04. The third-order valence-electron chi connectivity index (χ3n) is 8.22. The number of hydrogen-bond acceptors (Lipinski definition) is 7. The topological polar surface area (TPSA) is 72.5 Å². The maximum absolute atomic E-state index is 13.8. The molecule has 0 amide bonds. The molecule has 0 N–H and O–H groups in total. The minimum Gasteiger partial charge on any atom is -0.497 e. The zero-order valence-electron chi connectivity index (χ0n) is 29.2. The molecule has 6 aromatic carbocycles. The van der Waals surface area contributed by atoms with E-state index in [0.717, 1.165) is 39.3 Å². The highest BCUT2D eigenvalue weighted by Gasteiger charge is 2.14. The number of hydrogen-bond donors (Lipinski definition) is 0. The molecule has 262 valence electrons. The molecule has 0 saturated heterocycles. The number of allylic oxidation sites excluding steroid dienone is 1. The highest BCUT2D eigenvalue weighted by atomic mass is 16.5. The zero-order valence-corrected chi connectivity index (χ0v) is 29.2. The Morgan fingerprint density at radius 3 is 1.40 bits per heavy atom. The normalized spacial score (nSPS) is 10.8. The third kappa shape index (κ3) is 10.0. The van der Waals surface area contributed by atoms with E-state index in [4.69, 9.17) is 28.4 Å². The van der Waals surface area contributed by atoms with Crippen molar-refractivity contribution in [2.75, 3.05) is 14.2 Å². The Kier molecular flexibility index (Phi) is 12.2. The van der Waals surface area contributed by atoms with Crippen molar-refractivity contribution in [3.63, 3.8) is 0 Å². The SMILES string of the molecule is COc1ccc(COc2ccc(C=CC(=O)c3ccc(OCc4ccc(OC)cc4)cc3OCc3ccccc3)c(OCc3ccccc3)c2)cc1. The zero-order chi connectivity index (χ0) is 36.0. The average molecular weight is 693 g/mol. The van der Waals surface area contributed by atoms with Gasteiger partial charge in [0, 0.05) is 17.7 Å². The Hall–Kier alpha value is -6.47. The van der Waals surface area contributed by atoms with E-state index in [1.165, 1.54) is 6.08 Å². The standard InChI is InChI=1S/C45H40O7/c1-47-38-19-13-35(14-20-38)29-49-40-23-17-37(44(27-40)51-31-33-9-5-3-6-10-33)18-26-43(46)42-25-24-41(50-30-36-15-21-39(48-2)22-16-36)28-45(42)52-32-34-11-7-4-8-12-34/h3-28H,29-32H2,1-2H3. The van der Waals surface area contributed by atoms with Crippen LogP contribution in [0.4, 0.5) is 0 Å². The van der Waals surface area contributed by atoms with Crippen LogP contribution in [0.15, 0.2) is 152 Å². The van der Waals surface area contributed by atoms with Crippen LogP contribution in [0.5, 0.6) is 34.5 Å². The summed E-state index contributed by atoms with van der Waals surface area (Å²) in [7, 11) is 3.28. The van der Waals surface area contributed by atoms with Gasteiger partial charge in [-0.3, -0.25) is 4.79 Å². The van der Waals surface area contributed by atoms with Gasteiger partial charge in [-0.05, 0) is 82.9 Å². The van der Waals surface area contributed by atoms with Gasteiger partial charge in [-0.15, -0.1) is 0 Å². The molecule has 7 heteroatoms. The van der Waals surface area contributed by atoms with E-state index in [-0.39, 0.29) is 5.78 Å². The Morgan fingerprint density at radius 1 is 0.462 bits per heavy atom. The van der Waals surface area contributed by atoms with Crippen LogP contribution in [0.2, 0.25) is 0 Å². The smallest absolute Gasteiger partial charge is 0.189 e. The summed E-state index contributed by atoms with van der Waals surface area (Å²) in [5.74, 6) is 3.58. The molecular formula is C45H40O7. The summed E-state index contributed by atoms with van der Waals surface area (Å²) in [6.07, 6.45) is 3.29. The monoisotopic (exact) mass is 692 g/mol. The summed E-state index contributed by atoms with van der Waals surface area (Å²) in [6.45, 7) is 1.37. The van der Waals surface area contributed by atoms with Gasteiger partial charge in [-0.2, -0.15) is 0 Å². The number of carbonyl (C=O) groups is 1. The third-order valence-corrected chi connectivity index (χ3v) is 8.22. The van der Waals surface area contributed by atoms with E-state index in [0.29, 0.717) is 55.0 Å². The number of benzene rings is 6. The van der Waals surface area contributed by atoms with Crippen LogP contribution in [0.3, 0.4) is 0 Å².